The molecule has 2 atom stereocenters. The van der Waals surface area contributed by atoms with E-state index in [1.54, 1.807) is 0 Å². The second-order valence-corrected chi connectivity index (χ2v) is 4.40. The molecule has 4 nitrogen and oxygen atoms in total. The van der Waals surface area contributed by atoms with Crippen LogP contribution in [0.15, 0.2) is 0 Å². The average Bonchev–Trinajstić information content (AvgIpc) is 2.15. The number of nitrogens with one attached hydrogen (secondary N) is 1. The van der Waals surface area contributed by atoms with E-state index in [4.69, 9.17) is 18.0 Å². The number of carbonyl (C=O) groups is 1. The maximum Gasteiger partial charge on any atom is 0.237 e. The van der Waals surface area contributed by atoms with Crippen LogP contribution in [0.5, 0.6) is 0 Å². The molecule has 88 valence electrons. The number of amides is 1. The van der Waals surface area contributed by atoms with E-state index in [1.807, 2.05) is 32.7 Å². The van der Waals surface area contributed by atoms with Gasteiger partial charge in [0.05, 0.1) is 11.0 Å². The molecular formula is C10H21N3OS. The van der Waals surface area contributed by atoms with Gasteiger partial charge in [-0.1, -0.05) is 19.1 Å². The Morgan fingerprint density at radius 2 is 2.07 bits per heavy atom. The molecule has 1 amide bonds. The maximum atomic E-state index is 11.7. The molecule has 0 aliphatic carbocycles. The van der Waals surface area contributed by atoms with E-state index in [0.29, 0.717) is 11.5 Å². The number of likely N-dealkylation sites (N-methyl/N-ethyl adjacent to an activating group) is 1. The fraction of sp³-hybridized carbons (Fsp3) is 0.800. The standard InChI is InChI=1S/C10H21N3OS/c1-5-7(2)12-10(14)8(3)13(4)6-9(11)15/h7-8H,5-6H2,1-4H3,(H2,11,15)(H,12,14). The lowest BCUT2D eigenvalue weighted by molar-refractivity contribution is -0.125. The van der Waals surface area contributed by atoms with Gasteiger partial charge in [-0.2, -0.15) is 0 Å². The minimum Gasteiger partial charge on any atom is -0.392 e. The third-order valence-corrected chi connectivity index (χ3v) is 2.58. The van der Waals surface area contributed by atoms with Crippen LogP contribution in [0.25, 0.3) is 0 Å². The maximum absolute atomic E-state index is 11.7. The third-order valence-electron chi connectivity index (χ3n) is 2.45. The van der Waals surface area contributed by atoms with Crippen molar-refractivity contribution in [1.82, 2.24) is 10.2 Å². The molecule has 15 heavy (non-hydrogen) atoms. The van der Waals surface area contributed by atoms with Crippen LogP contribution in [-0.4, -0.2) is 41.5 Å². The van der Waals surface area contributed by atoms with E-state index in [0.717, 1.165) is 6.42 Å². The van der Waals surface area contributed by atoms with Gasteiger partial charge < -0.3 is 11.1 Å². The van der Waals surface area contributed by atoms with Gasteiger partial charge in [-0.25, -0.2) is 0 Å². The zero-order valence-corrected chi connectivity index (χ0v) is 10.7. The highest BCUT2D eigenvalue weighted by Crippen LogP contribution is 1.97. The molecule has 5 heteroatoms. The van der Waals surface area contributed by atoms with Crippen LogP contribution in [0.2, 0.25) is 0 Å². The summed E-state index contributed by atoms with van der Waals surface area (Å²) in [5.41, 5.74) is 5.42. The molecule has 0 bridgehead atoms. The molecule has 0 saturated carbocycles. The molecule has 0 rings (SSSR count). The van der Waals surface area contributed by atoms with E-state index in [-0.39, 0.29) is 18.0 Å². The highest BCUT2D eigenvalue weighted by molar-refractivity contribution is 7.80. The van der Waals surface area contributed by atoms with Crippen LogP contribution in [-0.2, 0) is 4.79 Å². The molecule has 0 aromatic rings. The van der Waals surface area contributed by atoms with Crippen molar-refractivity contribution in [2.24, 2.45) is 5.73 Å². The molecule has 0 aliphatic heterocycles. The van der Waals surface area contributed by atoms with Crippen molar-refractivity contribution in [2.45, 2.75) is 39.3 Å². The first-order chi connectivity index (χ1) is 6.88. The molecule has 2 unspecified atom stereocenters. The van der Waals surface area contributed by atoms with Crippen molar-refractivity contribution in [2.75, 3.05) is 13.6 Å². The van der Waals surface area contributed by atoms with E-state index < -0.39 is 0 Å². The Hall–Kier alpha value is -0.680. The predicted molar refractivity (Wildman–Crippen MR) is 66.8 cm³/mol. The first kappa shape index (κ1) is 14.3. The number of hydrogen-bond donors (Lipinski definition) is 2. The molecule has 0 aliphatic rings. The fourth-order valence-corrected chi connectivity index (χ4v) is 1.25. The highest BCUT2D eigenvalue weighted by Gasteiger charge is 2.19. The lowest BCUT2D eigenvalue weighted by atomic mass is 10.2. The summed E-state index contributed by atoms with van der Waals surface area (Å²) < 4.78 is 0. The van der Waals surface area contributed by atoms with Crippen LogP contribution in [0.4, 0.5) is 0 Å². The van der Waals surface area contributed by atoms with Crippen molar-refractivity contribution in [3.05, 3.63) is 0 Å². The van der Waals surface area contributed by atoms with E-state index >= 15 is 0 Å². The van der Waals surface area contributed by atoms with Crippen LogP contribution in [0.1, 0.15) is 27.2 Å². The molecule has 0 aromatic heterocycles. The Kier molecular flexibility index (Phi) is 6.43. The molecule has 0 fully saturated rings. The molecule has 0 radical (unpaired) electrons. The smallest absolute Gasteiger partial charge is 0.237 e. The first-order valence-electron chi connectivity index (χ1n) is 5.17. The van der Waals surface area contributed by atoms with E-state index in [9.17, 15) is 4.79 Å². The zero-order valence-electron chi connectivity index (χ0n) is 9.91. The normalized spacial score (nSPS) is 14.7. The van der Waals surface area contributed by atoms with Gasteiger partial charge in [0, 0.05) is 12.6 Å². The second-order valence-electron chi connectivity index (χ2n) is 3.88. The molecule has 0 aromatic carbocycles. The Bertz CT molecular complexity index is 233. The first-order valence-corrected chi connectivity index (χ1v) is 5.58. The van der Waals surface area contributed by atoms with Crippen LogP contribution < -0.4 is 11.1 Å². The number of thiocarbonyl (C=S) groups is 1. The lowest BCUT2D eigenvalue weighted by Crippen LogP contribution is -2.48. The van der Waals surface area contributed by atoms with Gasteiger partial charge in [0.25, 0.3) is 0 Å². The van der Waals surface area contributed by atoms with Crippen LogP contribution in [0, 0.1) is 0 Å². The van der Waals surface area contributed by atoms with Crippen molar-refractivity contribution in [3.8, 4) is 0 Å². The Labute approximate surface area is 97.2 Å². The topological polar surface area (TPSA) is 58.4 Å². The summed E-state index contributed by atoms with van der Waals surface area (Å²) in [5.74, 6) is 0.0168. The van der Waals surface area contributed by atoms with Gasteiger partial charge in [-0.15, -0.1) is 0 Å². The Balaban J connectivity index is 4.12. The molecule has 0 saturated heterocycles. The van der Waals surface area contributed by atoms with Crippen LogP contribution >= 0.6 is 12.2 Å². The van der Waals surface area contributed by atoms with Crippen molar-refractivity contribution in [1.29, 1.82) is 0 Å². The molecule has 3 N–H and O–H groups in total. The second kappa shape index (κ2) is 6.74. The Morgan fingerprint density at radius 3 is 2.47 bits per heavy atom. The average molecular weight is 231 g/mol. The molecular weight excluding hydrogens is 210 g/mol. The van der Waals surface area contributed by atoms with Gasteiger partial charge in [-0.05, 0) is 27.3 Å². The summed E-state index contributed by atoms with van der Waals surface area (Å²) >= 11 is 4.79. The largest absolute Gasteiger partial charge is 0.392 e. The minimum absolute atomic E-state index is 0.0168. The molecule has 0 heterocycles. The van der Waals surface area contributed by atoms with Gasteiger partial charge in [0.15, 0.2) is 0 Å². The number of carbonyl (C=O) groups excluding carboxylic acids is 1. The van der Waals surface area contributed by atoms with Gasteiger partial charge in [-0.3, -0.25) is 9.69 Å². The lowest BCUT2D eigenvalue weighted by Gasteiger charge is -2.24. The van der Waals surface area contributed by atoms with Gasteiger partial charge >= 0.3 is 0 Å². The minimum atomic E-state index is -0.208. The number of nitrogens with two attached hydrogens (primary N) is 1. The number of rotatable bonds is 6. The fourth-order valence-electron chi connectivity index (χ4n) is 1.05. The number of nitrogens with zero attached hydrogens (tertiary/aromatic N) is 1. The van der Waals surface area contributed by atoms with Crippen molar-refractivity contribution in [3.63, 3.8) is 0 Å². The van der Waals surface area contributed by atoms with Gasteiger partial charge in [0.2, 0.25) is 5.91 Å². The third kappa shape index (κ3) is 5.69. The summed E-state index contributed by atoms with van der Waals surface area (Å²) in [5, 5.41) is 2.92. The summed E-state index contributed by atoms with van der Waals surface area (Å²) in [6.45, 7) is 6.33. The summed E-state index contributed by atoms with van der Waals surface area (Å²) in [6, 6.07) is -0.00122. The summed E-state index contributed by atoms with van der Waals surface area (Å²) in [4.78, 5) is 13.9. The highest BCUT2D eigenvalue weighted by atomic mass is 32.1. The Morgan fingerprint density at radius 1 is 1.53 bits per heavy atom. The van der Waals surface area contributed by atoms with E-state index in [1.165, 1.54) is 0 Å². The monoisotopic (exact) mass is 231 g/mol. The van der Waals surface area contributed by atoms with E-state index in [2.05, 4.69) is 5.32 Å². The summed E-state index contributed by atoms with van der Waals surface area (Å²) in [6.07, 6.45) is 0.928. The summed E-state index contributed by atoms with van der Waals surface area (Å²) in [7, 11) is 1.83. The van der Waals surface area contributed by atoms with Crippen molar-refractivity contribution < 1.29 is 4.79 Å². The quantitative estimate of drug-likeness (QED) is 0.654. The van der Waals surface area contributed by atoms with Crippen LogP contribution in [0.3, 0.4) is 0 Å². The SMILES string of the molecule is CCC(C)NC(=O)C(C)N(C)CC(N)=S. The van der Waals surface area contributed by atoms with Gasteiger partial charge in [0.1, 0.15) is 0 Å². The van der Waals surface area contributed by atoms with Crippen molar-refractivity contribution >= 4 is 23.1 Å². The zero-order chi connectivity index (χ0) is 12.0. The predicted octanol–water partition coefficient (Wildman–Crippen LogP) is 0.508. The molecule has 0 spiro atoms. The number of hydrogen-bond acceptors (Lipinski definition) is 3.